The zero-order valence-electron chi connectivity index (χ0n) is 11.3. The van der Waals surface area contributed by atoms with Crippen molar-refractivity contribution in [3.8, 4) is 0 Å². The van der Waals surface area contributed by atoms with Crippen LogP contribution >= 0.6 is 0 Å². The van der Waals surface area contributed by atoms with Gasteiger partial charge in [0.1, 0.15) is 6.04 Å². The van der Waals surface area contributed by atoms with Crippen LogP contribution in [-0.2, 0) is 19.1 Å². The average molecular weight is 310 g/mol. The van der Waals surface area contributed by atoms with E-state index >= 15 is 0 Å². The molecule has 21 heavy (non-hydrogen) atoms. The number of nitrogens with zero attached hydrogens (tertiary/aromatic N) is 3. The first-order valence-electron chi connectivity index (χ1n) is 6.25. The van der Waals surface area contributed by atoms with Crippen molar-refractivity contribution in [2.45, 2.75) is 30.3 Å². The van der Waals surface area contributed by atoms with E-state index in [4.69, 9.17) is 9.71 Å². The van der Waals surface area contributed by atoms with Crippen molar-refractivity contribution in [3.05, 3.63) is 40.3 Å². The van der Waals surface area contributed by atoms with Gasteiger partial charge in [0.05, 0.1) is 11.5 Å². The molecule has 1 N–H and O–H groups in total. The van der Waals surface area contributed by atoms with Crippen molar-refractivity contribution >= 4 is 16.0 Å². The normalized spacial score (nSPS) is 21.1. The van der Waals surface area contributed by atoms with Crippen LogP contribution in [0.15, 0.2) is 34.3 Å². The van der Waals surface area contributed by atoms with Crippen molar-refractivity contribution in [3.63, 3.8) is 0 Å². The van der Waals surface area contributed by atoms with Crippen molar-refractivity contribution < 1.29 is 17.4 Å². The predicted octanol–water partition coefficient (Wildman–Crippen LogP) is 1.27. The van der Waals surface area contributed by atoms with E-state index in [1.807, 2.05) is 6.92 Å². The van der Waals surface area contributed by atoms with Crippen LogP contribution in [0.5, 0.6) is 0 Å². The van der Waals surface area contributed by atoms with E-state index in [0.29, 0.717) is 0 Å². The molecule has 2 atom stereocenters. The minimum Gasteiger partial charge on any atom is -0.352 e. The first kappa shape index (κ1) is 15.3. The maximum absolute atomic E-state index is 11.9. The molecule has 0 bridgehead atoms. The molecule has 0 aliphatic carbocycles. The molecule has 1 aromatic carbocycles. The largest absolute Gasteiger partial charge is 0.352 e. The summed E-state index contributed by atoms with van der Waals surface area (Å²) in [6.45, 7) is 1.75. The van der Waals surface area contributed by atoms with Crippen molar-refractivity contribution in [2.75, 3.05) is 6.61 Å². The molecule has 1 saturated heterocycles. The maximum Gasteiger partial charge on any atom is 0.296 e. The number of rotatable bonds is 6. The molecule has 0 radical (unpaired) electrons. The standard InChI is InChI=1S/C12H14N4O4S/c1-8-2-4-9(5-3-8)21(18,19)20-7-6-10-11(15-16-13)12(17)14-10/h2-5,10-11H,6-7H2,1H3,(H,14,17). The zero-order chi connectivity index (χ0) is 15.5. The molecule has 2 unspecified atom stereocenters. The monoisotopic (exact) mass is 310 g/mol. The molecule has 1 aliphatic heterocycles. The number of carbonyl (C=O) groups excluding carboxylic acids is 1. The van der Waals surface area contributed by atoms with E-state index in [1.165, 1.54) is 12.1 Å². The average Bonchev–Trinajstić information content (AvgIpc) is 2.44. The Morgan fingerprint density at radius 2 is 2.05 bits per heavy atom. The number of carbonyl (C=O) groups is 1. The van der Waals surface area contributed by atoms with E-state index in [1.54, 1.807) is 12.1 Å². The molecule has 1 aromatic rings. The first-order valence-corrected chi connectivity index (χ1v) is 7.65. The molecule has 1 amide bonds. The number of nitrogens with one attached hydrogen (secondary N) is 1. The highest BCUT2D eigenvalue weighted by Crippen LogP contribution is 2.17. The summed E-state index contributed by atoms with van der Waals surface area (Å²) in [5.74, 6) is -0.362. The number of β-lactam (4-membered cyclic amide) rings is 1. The van der Waals surface area contributed by atoms with E-state index in [-0.39, 0.29) is 29.9 Å². The summed E-state index contributed by atoms with van der Waals surface area (Å²) in [6.07, 6.45) is 0.251. The second-order valence-corrected chi connectivity index (χ2v) is 6.26. The minimum atomic E-state index is -3.82. The third kappa shape index (κ3) is 3.52. The quantitative estimate of drug-likeness (QED) is 0.279. The second-order valence-electron chi connectivity index (χ2n) is 4.64. The van der Waals surface area contributed by atoms with Gasteiger partial charge in [-0.2, -0.15) is 8.42 Å². The lowest BCUT2D eigenvalue weighted by molar-refractivity contribution is -0.130. The molecule has 1 heterocycles. The lowest BCUT2D eigenvalue weighted by Crippen LogP contribution is -2.61. The van der Waals surface area contributed by atoms with Gasteiger partial charge in [0, 0.05) is 11.0 Å². The van der Waals surface area contributed by atoms with Gasteiger partial charge in [-0.05, 0) is 31.0 Å². The Kier molecular flexibility index (Phi) is 4.46. The number of azide groups is 1. The van der Waals surface area contributed by atoms with Crippen molar-refractivity contribution in [1.29, 1.82) is 0 Å². The van der Waals surface area contributed by atoms with Crippen LogP contribution in [0.1, 0.15) is 12.0 Å². The Morgan fingerprint density at radius 3 is 2.62 bits per heavy atom. The molecule has 112 valence electrons. The van der Waals surface area contributed by atoms with Gasteiger partial charge < -0.3 is 5.32 Å². The summed E-state index contributed by atoms with van der Waals surface area (Å²) in [5.41, 5.74) is 9.26. The molecule has 1 aliphatic rings. The number of amides is 1. The first-order chi connectivity index (χ1) is 9.94. The van der Waals surface area contributed by atoms with Crippen LogP contribution in [-0.4, -0.2) is 33.0 Å². The highest BCUT2D eigenvalue weighted by atomic mass is 32.2. The molecule has 0 aromatic heterocycles. The lowest BCUT2D eigenvalue weighted by atomic mass is 9.97. The molecule has 8 nitrogen and oxygen atoms in total. The summed E-state index contributed by atoms with van der Waals surface area (Å²) in [4.78, 5) is 13.8. The summed E-state index contributed by atoms with van der Waals surface area (Å²) in [7, 11) is -3.82. The van der Waals surface area contributed by atoms with Gasteiger partial charge in [0.25, 0.3) is 10.1 Å². The Balaban J connectivity index is 1.90. The molecular formula is C12H14N4O4S. The molecule has 2 rings (SSSR count). The Bertz CT molecular complexity index is 678. The summed E-state index contributed by atoms with van der Waals surface area (Å²) in [5, 5.41) is 5.87. The number of hydrogen-bond donors (Lipinski definition) is 1. The van der Waals surface area contributed by atoms with Gasteiger partial charge in [-0.15, -0.1) is 0 Å². The molecule has 1 fully saturated rings. The van der Waals surface area contributed by atoms with Gasteiger partial charge in [-0.25, -0.2) is 0 Å². The Morgan fingerprint density at radius 1 is 1.38 bits per heavy atom. The van der Waals surface area contributed by atoms with Gasteiger partial charge >= 0.3 is 0 Å². The fourth-order valence-electron chi connectivity index (χ4n) is 1.91. The van der Waals surface area contributed by atoms with E-state index in [2.05, 4.69) is 15.3 Å². The van der Waals surface area contributed by atoms with Crippen LogP contribution in [0.4, 0.5) is 0 Å². The number of benzene rings is 1. The minimum absolute atomic E-state index is 0.0809. The SMILES string of the molecule is Cc1ccc(S(=O)(=O)OCCC2NC(=O)C2N=[N+]=[N-])cc1. The van der Waals surface area contributed by atoms with E-state index < -0.39 is 16.2 Å². The van der Waals surface area contributed by atoms with Gasteiger partial charge in [0.15, 0.2) is 0 Å². The van der Waals surface area contributed by atoms with Gasteiger partial charge in [-0.1, -0.05) is 22.8 Å². The van der Waals surface area contributed by atoms with Crippen LogP contribution in [0.25, 0.3) is 10.4 Å². The van der Waals surface area contributed by atoms with E-state index in [9.17, 15) is 13.2 Å². The van der Waals surface area contributed by atoms with Crippen molar-refractivity contribution in [1.82, 2.24) is 5.32 Å². The summed E-state index contributed by atoms with van der Waals surface area (Å²) in [6, 6.07) is 5.12. The number of hydrogen-bond acceptors (Lipinski definition) is 5. The molecule has 0 saturated carbocycles. The Labute approximate surface area is 121 Å². The maximum atomic E-state index is 11.9. The van der Waals surface area contributed by atoms with E-state index in [0.717, 1.165) is 5.56 Å². The summed E-state index contributed by atoms with van der Waals surface area (Å²) < 4.78 is 28.7. The smallest absolute Gasteiger partial charge is 0.296 e. The third-order valence-corrected chi connectivity index (χ3v) is 4.46. The predicted molar refractivity (Wildman–Crippen MR) is 73.8 cm³/mol. The fourth-order valence-corrected chi connectivity index (χ4v) is 2.83. The number of aryl methyl sites for hydroxylation is 1. The van der Waals surface area contributed by atoms with Crippen LogP contribution < -0.4 is 5.32 Å². The zero-order valence-corrected chi connectivity index (χ0v) is 12.1. The lowest BCUT2D eigenvalue weighted by Gasteiger charge is -2.33. The fraction of sp³-hybridized carbons (Fsp3) is 0.417. The highest BCUT2D eigenvalue weighted by Gasteiger charge is 2.38. The van der Waals surface area contributed by atoms with Gasteiger partial charge in [-0.3, -0.25) is 8.98 Å². The Hall–Kier alpha value is -2.09. The summed E-state index contributed by atoms with van der Waals surface area (Å²) >= 11 is 0. The highest BCUT2D eigenvalue weighted by molar-refractivity contribution is 7.86. The molecule has 9 heteroatoms. The molecular weight excluding hydrogens is 296 g/mol. The van der Waals surface area contributed by atoms with Gasteiger partial charge in [0.2, 0.25) is 5.91 Å². The third-order valence-electron chi connectivity index (χ3n) is 3.13. The van der Waals surface area contributed by atoms with Crippen molar-refractivity contribution in [2.24, 2.45) is 5.11 Å². The topological polar surface area (TPSA) is 121 Å². The van der Waals surface area contributed by atoms with Crippen LogP contribution in [0.3, 0.4) is 0 Å². The van der Waals surface area contributed by atoms with Crippen LogP contribution in [0.2, 0.25) is 0 Å². The molecule has 0 spiro atoms. The van der Waals surface area contributed by atoms with Crippen LogP contribution in [0, 0.1) is 6.92 Å². The second kappa shape index (κ2) is 6.13.